The van der Waals surface area contributed by atoms with E-state index in [1.165, 1.54) is 36.0 Å². The fourth-order valence-electron chi connectivity index (χ4n) is 2.35. The molecule has 0 N–H and O–H groups in total. The maximum absolute atomic E-state index is 10.6. The lowest BCUT2D eigenvalue weighted by molar-refractivity contribution is -0.111. The van der Waals surface area contributed by atoms with Crippen LogP contribution in [0, 0.1) is 13.8 Å². The average molecular weight is 293 g/mol. The van der Waals surface area contributed by atoms with Crippen LogP contribution in [0.2, 0.25) is 0 Å². The van der Waals surface area contributed by atoms with E-state index in [0.29, 0.717) is 6.42 Å². The Hall–Kier alpha value is -1.08. The Bertz CT molecular complexity index is 428. The Morgan fingerprint density at radius 3 is 2.30 bits per heavy atom. The molecule has 1 nitrogen and oxygen atoms in total. The zero-order valence-corrected chi connectivity index (χ0v) is 13.4. The van der Waals surface area contributed by atoms with E-state index in [2.05, 4.69) is 44.2 Å². The lowest BCUT2D eigenvalue weighted by Gasteiger charge is -2.04. The van der Waals surface area contributed by atoms with Gasteiger partial charge in [-0.05, 0) is 61.4 Å². The van der Waals surface area contributed by atoms with Crippen molar-refractivity contribution in [2.24, 2.45) is 0 Å². The summed E-state index contributed by atoms with van der Waals surface area (Å²) in [6, 6.07) is 6.42. The third-order valence-corrected chi connectivity index (χ3v) is 3.76. The fourth-order valence-corrected chi connectivity index (χ4v) is 2.48. The molecule has 0 aliphatic rings. The summed E-state index contributed by atoms with van der Waals surface area (Å²) in [4.78, 5) is 10.6. The zero-order chi connectivity index (χ0) is 14.8. The molecule has 20 heavy (non-hydrogen) atoms. The molecule has 0 fully saturated rings. The predicted molar refractivity (Wildman–Crippen MR) is 88.1 cm³/mol. The van der Waals surface area contributed by atoms with E-state index < -0.39 is 0 Å². The first-order valence-corrected chi connectivity index (χ1v) is 7.90. The molecule has 0 saturated carbocycles. The number of carbonyl (C=O) groups excluding carboxylic acids is 1. The van der Waals surface area contributed by atoms with Gasteiger partial charge in [-0.2, -0.15) is 0 Å². The molecule has 0 spiro atoms. The summed E-state index contributed by atoms with van der Waals surface area (Å²) < 4.78 is 0. The van der Waals surface area contributed by atoms with Crippen LogP contribution in [0.25, 0.3) is 6.08 Å². The molecule has 0 heterocycles. The van der Waals surface area contributed by atoms with E-state index in [0.717, 1.165) is 19.3 Å². The highest BCUT2D eigenvalue weighted by Gasteiger charge is 1.97. The van der Waals surface area contributed by atoms with Gasteiger partial charge in [-0.25, -0.2) is 0 Å². The number of unbranched alkanes of at least 4 members (excludes halogenated alkanes) is 5. The summed E-state index contributed by atoms with van der Waals surface area (Å²) in [7, 11) is 0. The van der Waals surface area contributed by atoms with Crippen LogP contribution in [0.4, 0.5) is 0 Å². The molecule has 0 aliphatic heterocycles. The van der Waals surface area contributed by atoms with Crippen LogP contribution >= 0.6 is 11.6 Å². The van der Waals surface area contributed by atoms with Crippen molar-refractivity contribution < 1.29 is 4.79 Å². The number of rotatable bonds is 9. The minimum absolute atomic E-state index is 0.207. The highest BCUT2D eigenvalue weighted by atomic mass is 35.5. The van der Waals surface area contributed by atoms with Crippen LogP contribution < -0.4 is 0 Å². The van der Waals surface area contributed by atoms with Crippen molar-refractivity contribution in [1.82, 2.24) is 0 Å². The fraction of sp³-hybridized carbons (Fsp3) is 0.500. The lowest BCUT2D eigenvalue weighted by Crippen LogP contribution is -1.86. The van der Waals surface area contributed by atoms with Crippen molar-refractivity contribution in [2.45, 2.75) is 58.8 Å². The summed E-state index contributed by atoms with van der Waals surface area (Å²) in [6.07, 6.45) is 11.9. The Kier molecular flexibility index (Phi) is 8.29. The number of hydrogen-bond acceptors (Lipinski definition) is 1. The summed E-state index contributed by atoms with van der Waals surface area (Å²) in [6.45, 7) is 4.32. The van der Waals surface area contributed by atoms with Gasteiger partial charge in [-0.3, -0.25) is 4.79 Å². The van der Waals surface area contributed by atoms with Gasteiger partial charge in [0.25, 0.3) is 0 Å². The molecule has 0 aromatic heterocycles. The second kappa shape index (κ2) is 9.77. The summed E-state index contributed by atoms with van der Waals surface area (Å²) in [5.41, 5.74) is 4.03. The number of halogens is 1. The van der Waals surface area contributed by atoms with Crippen molar-refractivity contribution in [1.29, 1.82) is 0 Å². The Morgan fingerprint density at radius 1 is 1.05 bits per heavy atom. The third kappa shape index (κ3) is 6.91. The topological polar surface area (TPSA) is 17.1 Å². The van der Waals surface area contributed by atoms with Gasteiger partial charge < -0.3 is 0 Å². The minimum atomic E-state index is -0.207. The van der Waals surface area contributed by atoms with Crippen molar-refractivity contribution in [2.75, 3.05) is 0 Å². The van der Waals surface area contributed by atoms with Crippen LogP contribution in [0.1, 0.15) is 61.6 Å². The monoisotopic (exact) mass is 292 g/mol. The molecule has 110 valence electrons. The molecule has 0 bridgehead atoms. The standard InChI is InChI=1S/C18H25ClO/c1-15-11-10-12-16(2)17(15)13-8-6-4-3-5-7-9-14-18(19)20/h8,10-13H,3-7,9,14H2,1-2H3/b13-8+. The molecule has 0 aliphatic carbocycles. The molecular formula is C18H25ClO. The van der Waals surface area contributed by atoms with E-state index in [1.54, 1.807) is 0 Å². The van der Waals surface area contributed by atoms with Gasteiger partial charge in [0.05, 0.1) is 0 Å². The SMILES string of the molecule is Cc1cccc(C)c1/C=C/CCCCCCCC(=O)Cl. The van der Waals surface area contributed by atoms with Gasteiger partial charge in [-0.1, -0.05) is 49.6 Å². The van der Waals surface area contributed by atoms with Gasteiger partial charge in [0, 0.05) is 6.42 Å². The van der Waals surface area contributed by atoms with Crippen molar-refractivity contribution in [3.63, 3.8) is 0 Å². The maximum atomic E-state index is 10.6. The average Bonchev–Trinajstić information content (AvgIpc) is 2.39. The number of hydrogen-bond donors (Lipinski definition) is 0. The molecule has 0 atom stereocenters. The van der Waals surface area contributed by atoms with Crippen molar-refractivity contribution in [3.8, 4) is 0 Å². The normalized spacial score (nSPS) is 11.2. The quantitative estimate of drug-likeness (QED) is 0.414. The number of aryl methyl sites for hydroxylation is 2. The van der Waals surface area contributed by atoms with Crippen LogP contribution in [-0.2, 0) is 4.79 Å². The van der Waals surface area contributed by atoms with E-state index in [-0.39, 0.29) is 5.24 Å². The Morgan fingerprint density at radius 2 is 1.65 bits per heavy atom. The van der Waals surface area contributed by atoms with E-state index in [4.69, 9.17) is 11.6 Å². The van der Waals surface area contributed by atoms with Crippen LogP contribution in [0.3, 0.4) is 0 Å². The van der Waals surface area contributed by atoms with Gasteiger partial charge in [0.1, 0.15) is 0 Å². The highest BCUT2D eigenvalue weighted by Crippen LogP contribution is 2.16. The van der Waals surface area contributed by atoms with E-state index in [1.807, 2.05) is 0 Å². The highest BCUT2D eigenvalue weighted by molar-refractivity contribution is 6.63. The molecule has 0 radical (unpaired) electrons. The maximum Gasteiger partial charge on any atom is 0.221 e. The van der Waals surface area contributed by atoms with Crippen molar-refractivity contribution in [3.05, 3.63) is 41.0 Å². The van der Waals surface area contributed by atoms with Crippen LogP contribution in [0.5, 0.6) is 0 Å². The molecule has 0 saturated heterocycles. The molecule has 0 amide bonds. The Labute approximate surface area is 128 Å². The third-order valence-electron chi connectivity index (χ3n) is 3.57. The first-order chi connectivity index (χ1) is 9.61. The molecule has 2 heteroatoms. The van der Waals surface area contributed by atoms with E-state index in [9.17, 15) is 4.79 Å². The molecule has 1 aromatic carbocycles. The minimum Gasteiger partial charge on any atom is -0.281 e. The van der Waals surface area contributed by atoms with Crippen molar-refractivity contribution >= 4 is 22.9 Å². The summed E-state index contributed by atoms with van der Waals surface area (Å²) >= 11 is 5.29. The van der Waals surface area contributed by atoms with Gasteiger partial charge in [0.2, 0.25) is 5.24 Å². The first kappa shape index (κ1) is 17.0. The zero-order valence-electron chi connectivity index (χ0n) is 12.6. The van der Waals surface area contributed by atoms with Crippen LogP contribution in [-0.4, -0.2) is 5.24 Å². The molecule has 1 aromatic rings. The number of carbonyl (C=O) groups is 1. The first-order valence-electron chi connectivity index (χ1n) is 7.52. The summed E-state index contributed by atoms with van der Waals surface area (Å²) in [5.74, 6) is 0. The van der Waals surface area contributed by atoms with Gasteiger partial charge in [0.15, 0.2) is 0 Å². The van der Waals surface area contributed by atoms with Crippen LogP contribution in [0.15, 0.2) is 24.3 Å². The largest absolute Gasteiger partial charge is 0.281 e. The Balaban J connectivity index is 2.15. The second-order valence-corrected chi connectivity index (χ2v) is 5.79. The smallest absolute Gasteiger partial charge is 0.221 e. The van der Waals surface area contributed by atoms with Gasteiger partial charge >= 0.3 is 0 Å². The predicted octanol–water partition coefficient (Wildman–Crippen LogP) is 5.81. The molecule has 1 rings (SSSR count). The molecule has 0 unspecified atom stereocenters. The second-order valence-electron chi connectivity index (χ2n) is 5.37. The summed E-state index contributed by atoms with van der Waals surface area (Å²) in [5, 5.41) is -0.207. The van der Waals surface area contributed by atoms with E-state index >= 15 is 0 Å². The number of allylic oxidation sites excluding steroid dienone is 1. The number of benzene rings is 1. The molecular weight excluding hydrogens is 268 g/mol. The lowest BCUT2D eigenvalue weighted by atomic mass is 10.0. The van der Waals surface area contributed by atoms with Gasteiger partial charge in [-0.15, -0.1) is 0 Å².